The smallest absolute Gasteiger partial charge is 0.338 e. The second kappa shape index (κ2) is 2.73. The van der Waals surface area contributed by atoms with E-state index in [0.717, 1.165) is 12.8 Å². The molecule has 0 aromatic rings. The molecule has 0 bridgehead atoms. The van der Waals surface area contributed by atoms with E-state index in [-0.39, 0.29) is 17.7 Å². The van der Waals surface area contributed by atoms with Crippen molar-refractivity contribution < 1.29 is 14.3 Å². The molecule has 0 amide bonds. The predicted octanol–water partition coefficient (Wildman–Crippen LogP) is 1.26. The summed E-state index contributed by atoms with van der Waals surface area (Å²) in [6, 6.07) is 0. The van der Waals surface area contributed by atoms with Crippen molar-refractivity contribution in [1.29, 1.82) is 0 Å². The second-order valence-corrected chi connectivity index (χ2v) is 3.52. The Morgan fingerprint density at radius 3 is 2.83 bits per heavy atom. The van der Waals surface area contributed by atoms with E-state index in [1.54, 1.807) is 0 Å². The summed E-state index contributed by atoms with van der Waals surface area (Å²) in [5, 5.41) is 0. The summed E-state index contributed by atoms with van der Waals surface area (Å²) in [4.78, 5) is 11.2. The number of carbonyl (C=O) groups excluding carboxylic acids is 1. The molecule has 1 aliphatic heterocycles. The molecule has 0 aromatic carbocycles. The largest absolute Gasteiger partial charge is 0.464 e. The number of hydrogen-bond acceptors (Lipinski definition) is 3. The summed E-state index contributed by atoms with van der Waals surface area (Å²) >= 11 is 0. The highest BCUT2D eigenvalue weighted by atomic mass is 16.7. The standard InChI is InChI=1S/C9H14O3/c1-2-11-8(10)7-9(12-7)5-3-4-6-9/h7H,2-6H2,1H3/t7-/m1/s1. The molecular weight excluding hydrogens is 156 g/mol. The fourth-order valence-electron chi connectivity index (χ4n) is 2.04. The minimum Gasteiger partial charge on any atom is -0.464 e. The lowest BCUT2D eigenvalue weighted by Crippen LogP contribution is -2.19. The highest BCUT2D eigenvalue weighted by molar-refractivity contribution is 5.79. The molecule has 1 spiro atoms. The Kier molecular flexibility index (Phi) is 1.83. The van der Waals surface area contributed by atoms with Gasteiger partial charge in [-0.05, 0) is 19.8 Å². The zero-order valence-electron chi connectivity index (χ0n) is 7.34. The average molecular weight is 170 g/mol. The average Bonchev–Trinajstić information content (AvgIpc) is 2.51. The molecule has 2 rings (SSSR count). The summed E-state index contributed by atoms with van der Waals surface area (Å²) in [5.74, 6) is -0.167. The molecule has 3 nitrogen and oxygen atoms in total. The van der Waals surface area contributed by atoms with Gasteiger partial charge >= 0.3 is 5.97 Å². The van der Waals surface area contributed by atoms with Crippen LogP contribution in [0, 0.1) is 0 Å². The van der Waals surface area contributed by atoms with Crippen LogP contribution in [0.25, 0.3) is 0 Å². The third-order valence-corrected chi connectivity index (χ3v) is 2.72. The normalized spacial score (nSPS) is 30.6. The first-order chi connectivity index (χ1) is 5.78. The lowest BCUT2D eigenvalue weighted by molar-refractivity contribution is -0.144. The van der Waals surface area contributed by atoms with Gasteiger partial charge in [0.25, 0.3) is 0 Å². The molecule has 0 aromatic heterocycles. The van der Waals surface area contributed by atoms with Crippen molar-refractivity contribution in [2.24, 2.45) is 0 Å². The van der Waals surface area contributed by atoms with Gasteiger partial charge in [0.05, 0.1) is 6.61 Å². The summed E-state index contributed by atoms with van der Waals surface area (Å²) in [7, 11) is 0. The van der Waals surface area contributed by atoms with Gasteiger partial charge in [-0.15, -0.1) is 0 Å². The fraction of sp³-hybridized carbons (Fsp3) is 0.889. The fourth-order valence-corrected chi connectivity index (χ4v) is 2.04. The summed E-state index contributed by atoms with van der Waals surface area (Å²) in [5.41, 5.74) is -0.0910. The Labute approximate surface area is 72.0 Å². The molecule has 3 heteroatoms. The maximum atomic E-state index is 11.2. The van der Waals surface area contributed by atoms with Gasteiger partial charge in [-0.3, -0.25) is 0 Å². The summed E-state index contributed by atoms with van der Waals surface area (Å²) in [6.45, 7) is 2.27. The van der Waals surface area contributed by atoms with Gasteiger partial charge in [-0.2, -0.15) is 0 Å². The van der Waals surface area contributed by atoms with Crippen LogP contribution in [-0.4, -0.2) is 24.3 Å². The Bertz CT molecular complexity index is 194. The monoisotopic (exact) mass is 170 g/mol. The van der Waals surface area contributed by atoms with Gasteiger partial charge in [-0.1, -0.05) is 12.8 Å². The molecule has 68 valence electrons. The third-order valence-electron chi connectivity index (χ3n) is 2.72. The quantitative estimate of drug-likeness (QED) is 0.462. The van der Waals surface area contributed by atoms with Crippen LogP contribution in [0.3, 0.4) is 0 Å². The van der Waals surface area contributed by atoms with E-state index in [1.165, 1.54) is 12.8 Å². The van der Waals surface area contributed by atoms with Crippen molar-refractivity contribution in [3.8, 4) is 0 Å². The minimum atomic E-state index is -0.236. The van der Waals surface area contributed by atoms with Gasteiger partial charge < -0.3 is 9.47 Å². The number of carbonyl (C=O) groups is 1. The van der Waals surface area contributed by atoms with Gasteiger partial charge in [0, 0.05) is 0 Å². The van der Waals surface area contributed by atoms with Crippen LogP contribution in [0.5, 0.6) is 0 Å². The summed E-state index contributed by atoms with van der Waals surface area (Å²) < 4.78 is 10.3. The van der Waals surface area contributed by atoms with Gasteiger partial charge in [-0.25, -0.2) is 4.79 Å². The van der Waals surface area contributed by atoms with Crippen molar-refractivity contribution in [1.82, 2.24) is 0 Å². The first-order valence-corrected chi connectivity index (χ1v) is 4.63. The maximum absolute atomic E-state index is 11.2. The Morgan fingerprint density at radius 2 is 2.25 bits per heavy atom. The lowest BCUT2D eigenvalue weighted by atomic mass is 10.0. The van der Waals surface area contributed by atoms with Crippen molar-refractivity contribution in [3.63, 3.8) is 0 Å². The summed E-state index contributed by atoms with van der Waals surface area (Å²) in [6.07, 6.45) is 4.22. The molecule has 2 fully saturated rings. The van der Waals surface area contributed by atoms with Crippen molar-refractivity contribution >= 4 is 5.97 Å². The first kappa shape index (κ1) is 8.05. The predicted molar refractivity (Wildman–Crippen MR) is 42.7 cm³/mol. The zero-order valence-corrected chi connectivity index (χ0v) is 7.34. The zero-order chi connectivity index (χ0) is 8.60. The number of hydrogen-bond donors (Lipinski definition) is 0. The Hall–Kier alpha value is -0.570. The topological polar surface area (TPSA) is 38.8 Å². The van der Waals surface area contributed by atoms with Gasteiger partial charge in [0.2, 0.25) is 0 Å². The molecule has 2 aliphatic rings. The molecule has 1 heterocycles. The van der Waals surface area contributed by atoms with Crippen LogP contribution in [0.4, 0.5) is 0 Å². The van der Waals surface area contributed by atoms with Crippen LogP contribution >= 0.6 is 0 Å². The van der Waals surface area contributed by atoms with Crippen molar-refractivity contribution in [3.05, 3.63) is 0 Å². The third kappa shape index (κ3) is 1.12. The van der Waals surface area contributed by atoms with Crippen molar-refractivity contribution in [2.45, 2.75) is 44.3 Å². The molecule has 12 heavy (non-hydrogen) atoms. The maximum Gasteiger partial charge on any atom is 0.338 e. The number of rotatable bonds is 2. The SMILES string of the molecule is CCOC(=O)[C@H]1OC12CCCC2. The molecule has 1 aliphatic carbocycles. The molecule has 1 atom stereocenters. The van der Waals surface area contributed by atoms with E-state index in [2.05, 4.69) is 0 Å². The van der Waals surface area contributed by atoms with Crippen LogP contribution in [-0.2, 0) is 14.3 Å². The van der Waals surface area contributed by atoms with Crippen LogP contribution in [0.2, 0.25) is 0 Å². The van der Waals surface area contributed by atoms with E-state index in [9.17, 15) is 4.79 Å². The number of epoxide rings is 1. The van der Waals surface area contributed by atoms with Crippen LogP contribution in [0.15, 0.2) is 0 Å². The van der Waals surface area contributed by atoms with Gasteiger partial charge in [0.1, 0.15) is 5.60 Å². The molecular formula is C9H14O3. The molecule has 1 saturated carbocycles. The minimum absolute atomic E-state index is 0.0910. The van der Waals surface area contributed by atoms with Crippen LogP contribution in [0.1, 0.15) is 32.6 Å². The Morgan fingerprint density at radius 1 is 1.58 bits per heavy atom. The highest BCUT2D eigenvalue weighted by Crippen LogP contribution is 2.50. The number of ether oxygens (including phenoxy) is 2. The first-order valence-electron chi connectivity index (χ1n) is 4.63. The highest BCUT2D eigenvalue weighted by Gasteiger charge is 2.62. The molecule has 0 unspecified atom stereocenters. The molecule has 0 radical (unpaired) electrons. The van der Waals surface area contributed by atoms with E-state index >= 15 is 0 Å². The number of esters is 1. The van der Waals surface area contributed by atoms with Crippen molar-refractivity contribution in [2.75, 3.05) is 6.61 Å². The molecule has 0 N–H and O–H groups in total. The lowest BCUT2D eigenvalue weighted by Gasteiger charge is -2.00. The van der Waals surface area contributed by atoms with E-state index in [4.69, 9.17) is 9.47 Å². The van der Waals surface area contributed by atoms with Gasteiger partial charge in [0.15, 0.2) is 6.10 Å². The van der Waals surface area contributed by atoms with E-state index in [1.807, 2.05) is 6.92 Å². The Balaban J connectivity index is 1.89. The van der Waals surface area contributed by atoms with E-state index in [0.29, 0.717) is 6.61 Å². The van der Waals surface area contributed by atoms with Crippen LogP contribution < -0.4 is 0 Å². The molecule has 1 saturated heterocycles. The van der Waals surface area contributed by atoms with E-state index < -0.39 is 0 Å². The second-order valence-electron chi connectivity index (χ2n) is 3.52.